The van der Waals surface area contributed by atoms with Crippen molar-refractivity contribution >= 4 is 11.6 Å². The van der Waals surface area contributed by atoms with Crippen molar-refractivity contribution in [1.29, 1.82) is 0 Å². The fourth-order valence-corrected chi connectivity index (χ4v) is 1.00. The fourth-order valence-electron chi connectivity index (χ4n) is 0.821. The van der Waals surface area contributed by atoms with Crippen LogP contribution in [-0.4, -0.2) is 12.6 Å². The maximum atomic E-state index is 5.76. The lowest BCUT2D eigenvalue weighted by molar-refractivity contribution is 0.230. The first-order chi connectivity index (χ1) is 5.72. The van der Waals surface area contributed by atoms with E-state index in [4.69, 9.17) is 22.1 Å². The maximum Gasteiger partial charge on any atom is 0.121 e. The maximum absolute atomic E-state index is 5.76. The zero-order valence-electron chi connectivity index (χ0n) is 6.96. The van der Waals surface area contributed by atoms with Crippen LogP contribution in [-0.2, 0) is 0 Å². The number of hydrogen-bond donors (Lipinski definition) is 1. The third-order valence-corrected chi connectivity index (χ3v) is 1.70. The monoisotopic (exact) mass is 185 g/mol. The summed E-state index contributed by atoms with van der Waals surface area (Å²) in [6, 6.07) is 7.29. The minimum atomic E-state index is 0.0310. The van der Waals surface area contributed by atoms with Gasteiger partial charge in [0.25, 0.3) is 0 Å². The van der Waals surface area contributed by atoms with Crippen LogP contribution in [0.5, 0.6) is 5.75 Å². The molecule has 0 radical (unpaired) electrons. The summed E-state index contributed by atoms with van der Waals surface area (Å²) in [6.45, 7) is 2.42. The van der Waals surface area contributed by atoms with Crippen LogP contribution in [0, 0.1) is 0 Å². The second-order valence-corrected chi connectivity index (χ2v) is 3.06. The first-order valence-electron chi connectivity index (χ1n) is 3.84. The summed E-state index contributed by atoms with van der Waals surface area (Å²) < 4.78 is 5.43. The highest BCUT2D eigenvalue weighted by Gasteiger charge is 2.00. The quantitative estimate of drug-likeness (QED) is 0.783. The Morgan fingerprint density at radius 2 is 2.33 bits per heavy atom. The van der Waals surface area contributed by atoms with Crippen LogP contribution in [0.3, 0.4) is 0 Å². The molecule has 0 unspecified atom stereocenters. The van der Waals surface area contributed by atoms with Crippen LogP contribution in [0.1, 0.15) is 6.92 Å². The van der Waals surface area contributed by atoms with Gasteiger partial charge in [-0.25, -0.2) is 0 Å². The van der Waals surface area contributed by atoms with Crippen LogP contribution < -0.4 is 10.5 Å². The molecular formula is C9H12ClNO. The summed E-state index contributed by atoms with van der Waals surface area (Å²) in [6.07, 6.45) is 0.0310. The van der Waals surface area contributed by atoms with E-state index in [2.05, 4.69) is 0 Å². The highest BCUT2D eigenvalue weighted by molar-refractivity contribution is 6.30. The molecule has 1 atom stereocenters. The lowest BCUT2D eigenvalue weighted by atomic mass is 10.3. The molecular weight excluding hydrogens is 174 g/mol. The van der Waals surface area contributed by atoms with Crippen molar-refractivity contribution in [3.8, 4) is 5.75 Å². The van der Waals surface area contributed by atoms with Gasteiger partial charge in [-0.3, -0.25) is 0 Å². The van der Waals surface area contributed by atoms with E-state index in [1.807, 2.05) is 25.1 Å². The van der Waals surface area contributed by atoms with Crippen molar-refractivity contribution in [2.45, 2.75) is 13.0 Å². The SMILES string of the molecule is C[C@@H](CN)Oc1cccc(Cl)c1. The Hall–Kier alpha value is -0.730. The molecule has 0 bridgehead atoms. The van der Waals surface area contributed by atoms with Gasteiger partial charge in [0.15, 0.2) is 0 Å². The molecule has 0 aliphatic heterocycles. The first kappa shape index (κ1) is 9.36. The Bertz CT molecular complexity index is 252. The molecule has 0 fully saturated rings. The number of ether oxygens (including phenoxy) is 1. The standard InChI is InChI=1S/C9H12ClNO/c1-7(6-11)12-9-4-2-3-8(10)5-9/h2-5,7H,6,11H2,1H3/t7-/m0/s1. The Labute approximate surface area is 77.3 Å². The minimum absolute atomic E-state index is 0.0310. The molecule has 66 valence electrons. The van der Waals surface area contributed by atoms with Crippen LogP contribution in [0.25, 0.3) is 0 Å². The van der Waals surface area contributed by atoms with Gasteiger partial charge in [-0.2, -0.15) is 0 Å². The molecule has 0 heterocycles. The predicted octanol–water partition coefficient (Wildman–Crippen LogP) is 2.07. The van der Waals surface area contributed by atoms with Crippen molar-refractivity contribution in [1.82, 2.24) is 0 Å². The summed E-state index contributed by atoms with van der Waals surface area (Å²) in [5.74, 6) is 0.764. The lowest BCUT2D eigenvalue weighted by Gasteiger charge is -2.11. The van der Waals surface area contributed by atoms with Gasteiger partial charge >= 0.3 is 0 Å². The van der Waals surface area contributed by atoms with E-state index in [0.717, 1.165) is 5.75 Å². The van der Waals surface area contributed by atoms with Crippen LogP contribution >= 0.6 is 11.6 Å². The van der Waals surface area contributed by atoms with Crippen LogP contribution in [0.4, 0.5) is 0 Å². The van der Waals surface area contributed by atoms with Gasteiger partial charge in [0.2, 0.25) is 0 Å². The molecule has 0 spiro atoms. The zero-order chi connectivity index (χ0) is 8.97. The third-order valence-electron chi connectivity index (χ3n) is 1.47. The molecule has 0 aromatic heterocycles. The molecule has 0 amide bonds. The molecule has 2 nitrogen and oxygen atoms in total. The molecule has 0 aliphatic carbocycles. The normalized spacial score (nSPS) is 12.6. The molecule has 1 aromatic carbocycles. The number of halogens is 1. The fraction of sp³-hybridized carbons (Fsp3) is 0.333. The van der Waals surface area contributed by atoms with E-state index in [1.165, 1.54) is 0 Å². The molecule has 1 aromatic rings. The predicted molar refractivity (Wildman–Crippen MR) is 50.6 cm³/mol. The lowest BCUT2D eigenvalue weighted by Crippen LogP contribution is -2.22. The largest absolute Gasteiger partial charge is 0.489 e. The summed E-state index contributed by atoms with van der Waals surface area (Å²) in [7, 11) is 0. The number of benzene rings is 1. The molecule has 0 saturated heterocycles. The molecule has 1 rings (SSSR count). The minimum Gasteiger partial charge on any atom is -0.489 e. The molecule has 12 heavy (non-hydrogen) atoms. The average Bonchev–Trinajstić information content (AvgIpc) is 2.04. The van der Waals surface area contributed by atoms with Crippen molar-refractivity contribution in [2.75, 3.05) is 6.54 Å². The Morgan fingerprint density at radius 3 is 2.92 bits per heavy atom. The second-order valence-electron chi connectivity index (χ2n) is 2.62. The van der Waals surface area contributed by atoms with Gasteiger partial charge < -0.3 is 10.5 Å². The zero-order valence-corrected chi connectivity index (χ0v) is 7.71. The van der Waals surface area contributed by atoms with E-state index < -0.39 is 0 Å². The van der Waals surface area contributed by atoms with Crippen molar-refractivity contribution in [2.24, 2.45) is 5.73 Å². The van der Waals surface area contributed by atoms with E-state index in [-0.39, 0.29) is 6.10 Å². The third kappa shape index (κ3) is 2.72. The van der Waals surface area contributed by atoms with Crippen LogP contribution in [0.2, 0.25) is 5.02 Å². The highest BCUT2D eigenvalue weighted by atomic mass is 35.5. The van der Waals surface area contributed by atoms with Gasteiger partial charge in [-0.15, -0.1) is 0 Å². The average molecular weight is 186 g/mol. The van der Waals surface area contributed by atoms with Gasteiger partial charge in [0.05, 0.1) is 0 Å². The summed E-state index contributed by atoms with van der Waals surface area (Å²) in [5.41, 5.74) is 5.40. The molecule has 3 heteroatoms. The number of hydrogen-bond acceptors (Lipinski definition) is 2. The summed E-state index contributed by atoms with van der Waals surface area (Å²) in [4.78, 5) is 0. The van der Waals surface area contributed by atoms with Crippen molar-refractivity contribution in [3.63, 3.8) is 0 Å². The van der Waals surface area contributed by atoms with Gasteiger partial charge in [0, 0.05) is 11.6 Å². The van der Waals surface area contributed by atoms with Gasteiger partial charge in [-0.05, 0) is 25.1 Å². The van der Waals surface area contributed by atoms with Crippen LogP contribution in [0.15, 0.2) is 24.3 Å². The summed E-state index contributed by atoms with van der Waals surface area (Å²) >= 11 is 5.76. The molecule has 0 saturated carbocycles. The Balaban J connectivity index is 2.63. The topological polar surface area (TPSA) is 35.2 Å². The van der Waals surface area contributed by atoms with E-state index in [1.54, 1.807) is 6.07 Å². The van der Waals surface area contributed by atoms with Crippen molar-refractivity contribution < 1.29 is 4.74 Å². The smallest absolute Gasteiger partial charge is 0.121 e. The Kier molecular flexibility index (Phi) is 3.38. The van der Waals surface area contributed by atoms with Gasteiger partial charge in [-0.1, -0.05) is 17.7 Å². The van der Waals surface area contributed by atoms with E-state index in [0.29, 0.717) is 11.6 Å². The number of nitrogens with two attached hydrogens (primary N) is 1. The Morgan fingerprint density at radius 1 is 1.58 bits per heavy atom. The van der Waals surface area contributed by atoms with E-state index >= 15 is 0 Å². The number of rotatable bonds is 3. The summed E-state index contributed by atoms with van der Waals surface area (Å²) in [5, 5.41) is 0.678. The van der Waals surface area contributed by atoms with Gasteiger partial charge in [0.1, 0.15) is 11.9 Å². The highest BCUT2D eigenvalue weighted by Crippen LogP contribution is 2.17. The van der Waals surface area contributed by atoms with Crippen molar-refractivity contribution in [3.05, 3.63) is 29.3 Å². The molecule has 0 aliphatic rings. The molecule has 2 N–H and O–H groups in total. The first-order valence-corrected chi connectivity index (χ1v) is 4.22. The van der Waals surface area contributed by atoms with E-state index in [9.17, 15) is 0 Å². The second kappa shape index (κ2) is 4.33.